The molecule has 0 aliphatic rings. The van der Waals surface area contributed by atoms with Gasteiger partial charge in [0, 0.05) is 29.2 Å². The molecule has 0 bridgehead atoms. The second-order valence-electron chi connectivity index (χ2n) is 6.44. The Kier molecular flexibility index (Phi) is 4.01. The Morgan fingerprint density at radius 2 is 1.81 bits per heavy atom. The van der Waals surface area contributed by atoms with Crippen LogP contribution in [0.15, 0.2) is 73.1 Å². The van der Waals surface area contributed by atoms with E-state index >= 15 is 0 Å². The van der Waals surface area contributed by atoms with Gasteiger partial charge in [-0.05, 0) is 49.7 Å². The molecule has 0 aliphatic heterocycles. The molecule has 128 valence electrons. The molecule has 0 saturated heterocycles. The maximum absolute atomic E-state index is 12.5. The van der Waals surface area contributed by atoms with E-state index in [9.17, 15) is 4.79 Å². The molecule has 0 fully saturated rings. The second kappa shape index (κ2) is 6.48. The Morgan fingerprint density at radius 3 is 2.54 bits per heavy atom. The minimum atomic E-state index is -0.0945. The van der Waals surface area contributed by atoms with Crippen LogP contribution in [0.1, 0.15) is 21.5 Å². The van der Waals surface area contributed by atoms with Crippen LogP contribution >= 0.6 is 0 Å². The number of hydrogen-bond donors (Lipinski definition) is 1. The lowest BCUT2D eigenvalue weighted by Gasteiger charge is -2.09. The molecule has 26 heavy (non-hydrogen) atoms. The van der Waals surface area contributed by atoms with Crippen molar-refractivity contribution in [3.8, 4) is 11.3 Å². The third-order valence-electron chi connectivity index (χ3n) is 4.43. The van der Waals surface area contributed by atoms with Gasteiger partial charge in [-0.3, -0.25) is 4.79 Å². The summed E-state index contributed by atoms with van der Waals surface area (Å²) in [5, 5.41) is 2.96. The standard InChI is InChI=1S/C22H19N3O/c1-15-6-11-19(16(2)13-15)22(26)23-18-9-7-17(8-10-18)20-14-25-12-4-3-5-21(25)24-20/h3-14H,1-2H3,(H,23,26). The normalized spacial score (nSPS) is 10.8. The number of amides is 1. The van der Waals surface area contributed by atoms with Gasteiger partial charge in [0.25, 0.3) is 5.91 Å². The van der Waals surface area contributed by atoms with Gasteiger partial charge >= 0.3 is 0 Å². The minimum Gasteiger partial charge on any atom is -0.322 e. The molecular weight excluding hydrogens is 322 g/mol. The van der Waals surface area contributed by atoms with Gasteiger partial charge in [-0.1, -0.05) is 35.9 Å². The quantitative estimate of drug-likeness (QED) is 0.578. The Hall–Kier alpha value is -3.40. The number of carbonyl (C=O) groups is 1. The molecule has 0 spiro atoms. The van der Waals surface area contributed by atoms with Crippen molar-refractivity contribution in [1.82, 2.24) is 9.38 Å². The van der Waals surface area contributed by atoms with Crippen molar-refractivity contribution in [2.75, 3.05) is 5.32 Å². The third-order valence-corrected chi connectivity index (χ3v) is 4.43. The maximum Gasteiger partial charge on any atom is 0.255 e. The number of aromatic nitrogens is 2. The molecule has 4 heteroatoms. The van der Waals surface area contributed by atoms with E-state index in [2.05, 4.69) is 10.3 Å². The number of pyridine rings is 1. The average Bonchev–Trinajstić information content (AvgIpc) is 3.06. The maximum atomic E-state index is 12.5. The summed E-state index contributed by atoms with van der Waals surface area (Å²) in [4.78, 5) is 17.1. The zero-order valence-corrected chi connectivity index (χ0v) is 14.7. The first-order valence-corrected chi connectivity index (χ1v) is 8.53. The fourth-order valence-corrected chi connectivity index (χ4v) is 3.06. The van der Waals surface area contributed by atoms with Crippen molar-refractivity contribution in [1.29, 1.82) is 0 Å². The first-order valence-electron chi connectivity index (χ1n) is 8.53. The fourth-order valence-electron chi connectivity index (χ4n) is 3.06. The molecule has 0 unspecified atom stereocenters. The average molecular weight is 341 g/mol. The third kappa shape index (κ3) is 3.09. The van der Waals surface area contributed by atoms with Crippen LogP contribution in [0.3, 0.4) is 0 Å². The number of nitrogens with zero attached hydrogens (tertiary/aromatic N) is 2. The van der Waals surface area contributed by atoms with Crippen LogP contribution in [0, 0.1) is 13.8 Å². The number of fused-ring (bicyclic) bond motifs is 1. The Morgan fingerprint density at radius 1 is 1.00 bits per heavy atom. The molecular formula is C22H19N3O. The lowest BCUT2D eigenvalue weighted by molar-refractivity contribution is 0.102. The molecule has 2 aromatic carbocycles. The summed E-state index contributed by atoms with van der Waals surface area (Å²) in [6.07, 6.45) is 3.98. The van der Waals surface area contributed by atoms with Gasteiger partial charge in [0.2, 0.25) is 0 Å². The van der Waals surface area contributed by atoms with E-state index in [-0.39, 0.29) is 5.91 Å². The van der Waals surface area contributed by atoms with Gasteiger partial charge in [0.1, 0.15) is 5.65 Å². The lowest BCUT2D eigenvalue weighted by Crippen LogP contribution is -2.13. The van der Waals surface area contributed by atoms with Crippen LogP contribution in [-0.4, -0.2) is 15.3 Å². The Balaban J connectivity index is 1.55. The van der Waals surface area contributed by atoms with E-state index in [4.69, 9.17) is 0 Å². The molecule has 2 heterocycles. The predicted molar refractivity (Wildman–Crippen MR) is 104 cm³/mol. The largest absolute Gasteiger partial charge is 0.322 e. The minimum absolute atomic E-state index is 0.0945. The van der Waals surface area contributed by atoms with E-state index < -0.39 is 0 Å². The van der Waals surface area contributed by atoms with Crippen molar-refractivity contribution in [3.63, 3.8) is 0 Å². The molecule has 0 atom stereocenters. The van der Waals surface area contributed by atoms with Crippen LogP contribution in [0.2, 0.25) is 0 Å². The molecule has 1 N–H and O–H groups in total. The van der Waals surface area contributed by atoms with Crippen molar-refractivity contribution < 1.29 is 4.79 Å². The Bertz CT molecular complexity index is 1060. The number of imidazole rings is 1. The van der Waals surface area contributed by atoms with E-state index in [1.807, 2.05) is 91.3 Å². The van der Waals surface area contributed by atoms with Crippen molar-refractivity contribution >= 4 is 17.2 Å². The smallest absolute Gasteiger partial charge is 0.255 e. The van der Waals surface area contributed by atoms with Gasteiger partial charge in [-0.25, -0.2) is 4.98 Å². The summed E-state index contributed by atoms with van der Waals surface area (Å²) in [7, 11) is 0. The number of carbonyl (C=O) groups excluding carboxylic acids is 1. The summed E-state index contributed by atoms with van der Waals surface area (Å²) in [5.74, 6) is -0.0945. The topological polar surface area (TPSA) is 46.4 Å². The molecule has 1 amide bonds. The van der Waals surface area contributed by atoms with E-state index in [0.717, 1.165) is 33.7 Å². The van der Waals surface area contributed by atoms with E-state index in [1.165, 1.54) is 0 Å². The van der Waals surface area contributed by atoms with Gasteiger partial charge in [0.05, 0.1) is 5.69 Å². The SMILES string of the molecule is Cc1ccc(C(=O)Nc2ccc(-c3cn4ccccc4n3)cc2)c(C)c1. The summed E-state index contributed by atoms with van der Waals surface area (Å²) in [6.45, 7) is 3.97. The van der Waals surface area contributed by atoms with Crippen LogP contribution in [0.4, 0.5) is 5.69 Å². The molecule has 0 saturated carbocycles. The van der Waals surface area contributed by atoms with Crippen molar-refractivity contribution in [2.45, 2.75) is 13.8 Å². The summed E-state index contributed by atoms with van der Waals surface area (Å²) in [5.41, 5.74) is 6.42. The first kappa shape index (κ1) is 16.1. The summed E-state index contributed by atoms with van der Waals surface area (Å²) < 4.78 is 1.99. The molecule has 0 aliphatic carbocycles. The highest BCUT2D eigenvalue weighted by atomic mass is 16.1. The predicted octanol–water partition coefficient (Wildman–Crippen LogP) is 4.87. The van der Waals surface area contributed by atoms with Crippen molar-refractivity contribution in [3.05, 3.63) is 89.7 Å². The summed E-state index contributed by atoms with van der Waals surface area (Å²) in [6, 6.07) is 19.5. The van der Waals surface area contributed by atoms with Gasteiger partial charge in [-0.2, -0.15) is 0 Å². The van der Waals surface area contributed by atoms with Gasteiger partial charge in [-0.15, -0.1) is 0 Å². The van der Waals surface area contributed by atoms with Gasteiger partial charge in [0.15, 0.2) is 0 Å². The molecule has 2 aromatic heterocycles. The van der Waals surface area contributed by atoms with Crippen molar-refractivity contribution in [2.24, 2.45) is 0 Å². The van der Waals surface area contributed by atoms with Crippen LogP contribution in [-0.2, 0) is 0 Å². The highest BCUT2D eigenvalue weighted by molar-refractivity contribution is 6.05. The number of aryl methyl sites for hydroxylation is 2. The highest BCUT2D eigenvalue weighted by Crippen LogP contribution is 2.22. The van der Waals surface area contributed by atoms with E-state index in [0.29, 0.717) is 5.56 Å². The number of benzene rings is 2. The molecule has 4 nitrogen and oxygen atoms in total. The van der Waals surface area contributed by atoms with Crippen LogP contribution in [0.5, 0.6) is 0 Å². The number of rotatable bonds is 3. The zero-order chi connectivity index (χ0) is 18.1. The number of anilines is 1. The fraction of sp³-hybridized carbons (Fsp3) is 0.0909. The molecule has 4 aromatic rings. The number of nitrogens with one attached hydrogen (secondary N) is 1. The lowest BCUT2D eigenvalue weighted by atomic mass is 10.1. The number of hydrogen-bond acceptors (Lipinski definition) is 2. The zero-order valence-electron chi connectivity index (χ0n) is 14.7. The second-order valence-corrected chi connectivity index (χ2v) is 6.44. The van der Waals surface area contributed by atoms with Gasteiger partial charge < -0.3 is 9.72 Å². The monoisotopic (exact) mass is 341 g/mol. The molecule has 0 radical (unpaired) electrons. The summed E-state index contributed by atoms with van der Waals surface area (Å²) >= 11 is 0. The van der Waals surface area contributed by atoms with E-state index in [1.54, 1.807) is 0 Å². The first-order chi connectivity index (χ1) is 12.6. The molecule has 4 rings (SSSR count). The van der Waals surface area contributed by atoms with Crippen LogP contribution < -0.4 is 5.32 Å². The highest BCUT2D eigenvalue weighted by Gasteiger charge is 2.10. The van der Waals surface area contributed by atoms with Crippen LogP contribution in [0.25, 0.3) is 16.9 Å². The Labute approximate surface area is 152 Å².